The van der Waals surface area contributed by atoms with Crippen molar-refractivity contribution in [2.45, 2.75) is 24.3 Å². The minimum absolute atomic E-state index is 0.242. The summed E-state index contributed by atoms with van der Waals surface area (Å²) in [6.07, 6.45) is 2.54. The Kier molecular flexibility index (Phi) is 8.15. The molecule has 1 aliphatic rings. The molecule has 212 valence electrons. The molecule has 0 fully saturated rings. The molecule has 1 aliphatic heterocycles. The van der Waals surface area contributed by atoms with Crippen LogP contribution in [0, 0.1) is 0 Å². The van der Waals surface area contributed by atoms with Gasteiger partial charge in [-0.3, -0.25) is 9.11 Å². The number of aryl methyl sites for hydroxylation is 1. The fourth-order valence-electron chi connectivity index (χ4n) is 4.82. The number of aromatic nitrogens is 1. The van der Waals surface area contributed by atoms with Gasteiger partial charge in [-0.05, 0) is 42.1 Å². The van der Waals surface area contributed by atoms with Crippen LogP contribution in [0.3, 0.4) is 0 Å². The lowest BCUT2D eigenvalue weighted by Gasteiger charge is -2.21. The predicted molar refractivity (Wildman–Crippen MR) is 164 cm³/mol. The lowest BCUT2D eigenvalue weighted by atomic mass is 10.1. The summed E-state index contributed by atoms with van der Waals surface area (Å²) >= 11 is 3.17. The number of rotatable bonds is 10. The highest BCUT2D eigenvalue weighted by molar-refractivity contribution is 8.04. The highest BCUT2D eigenvalue weighted by Gasteiger charge is 2.29. The van der Waals surface area contributed by atoms with Gasteiger partial charge < -0.3 is 9.80 Å². The molecule has 3 aromatic carbocycles. The fourth-order valence-corrected chi connectivity index (χ4v) is 8.13. The fraction of sp³-hybridized carbons (Fsp3) is 0.296. The molecule has 0 aliphatic carbocycles. The smallest absolute Gasteiger partial charge is 0.265 e. The van der Waals surface area contributed by atoms with E-state index in [0.29, 0.717) is 13.1 Å². The summed E-state index contributed by atoms with van der Waals surface area (Å²) < 4.78 is 67.6. The number of thioether (sulfide) groups is 1. The number of hydrogen-bond donors (Lipinski definition) is 2. The quantitative estimate of drug-likeness (QED) is 0.189. The van der Waals surface area contributed by atoms with Crippen LogP contribution in [0.1, 0.15) is 17.8 Å². The van der Waals surface area contributed by atoms with E-state index in [-0.39, 0.29) is 24.3 Å². The van der Waals surface area contributed by atoms with Crippen molar-refractivity contribution in [1.29, 1.82) is 0 Å². The van der Waals surface area contributed by atoms with Crippen molar-refractivity contribution in [3.05, 3.63) is 64.6 Å². The van der Waals surface area contributed by atoms with Gasteiger partial charge in [0.25, 0.3) is 25.2 Å². The van der Waals surface area contributed by atoms with E-state index < -0.39 is 20.2 Å². The van der Waals surface area contributed by atoms with Gasteiger partial charge in [0.2, 0.25) is 5.52 Å². The van der Waals surface area contributed by atoms with E-state index in [2.05, 4.69) is 33.7 Å². The zero-order valence-corrected chi connectivity index (χ0v) is 25.3. The lowest BCUT2D eigenvalue weighted by Crippen LogP contribution is -2.36. The van der Waals surface area contributed by atoms with Crippen LogP contribution in [-0.4, -0.2) is 58.1 Å². The molecule has 2 heterocycles. The third kappa shape index (κ3) is 6.45. The molecular formula is C27H30N3O6S4+. The van der Waals surface area contributed by atoms with Gasteiger partial charge in [-0.15, -0.1) is 0 Å². The molecule has 13 heteroatoms. The van der Waals surface area contributed by atoms with Crippen molar-refractivity contribution in [3.63, 3.8) is 0 Å². The molecule has 4 aromatic rings. The molecule has 1 aromatic heterocycles. The predicted octanol–water partition coefficient (Wildman–Crippen LogP) is 4.87. The van der Waals surface area contributed by atoms with Crippen molar-refractivity contribution in [3.8, 4) is 0 Å². The van der Waals surface area contributed by atoms with Crippen molar-refractivity contribution < 1.29 is 30.5 Å². The van der Waals surface area contributed by atoms with Gasteiger partial charge in [0.05, 0.1) is 33.7 Å². The van der Waals surface area contributed by atoms with Crippen LogP contribution in [0.25, 0.3) is 27.1 Å². The van der Waals surface area contributed by atoms with Gasteiger partial charge in [0.1, 0.15) is 4.70 Å². The zero-order chi connectivity index (χ0) is 28.7. The van der Waals surface area contributed by atoms with E-state index in [4.69, 9.17) is 0 Å². The van der Waals surface area contributed by atoms with Crippen molar-refractivity contribution in [2.24, 2.45) is 0 Å². The topological polar surface area (TPSA) is 119 Å². The third-order valence-corrected chi connectivity index (χ3v) is 10.5. The molecule has 0 radical (unpaired) electrons. The first kappa shape index (κ1) is 28.8. The molecular weight excluding hydrogens is 591 g/mol. The zero-order valence-electron chi connectivity index (χ0n) is 22.0. The second kappa shape index (κ2) is 11.3. The summed E-state index contributed by atoms with van der Waals surface area (Å²) in [5, 5.41) is 3.93. The second-order valence-electron chi connectivity index (χ2n) is 9.79. The summed E-state index contributed by atoms with van der Waals surface area (Å²) in [5.74, 6) is -0.679. The van der Waals surface area contributed by atoms with Crippen LogP contribution >= 0.6 is 23.1 Å². The molecule has 2 N–H and O–H groups in total. The van der Waals surface area contributed by atoms with Gasteiger partial charge >= 0.3 is 0 Å². The van der Waals surface area contributed by atoms with Crippen LogP contribution in [0.15, 0.2) is 64.5 Å². The Hall–Kier alpha value is -2.68. The van der Waals surface area contributed by atoms with Crippen molar-refractivity contribution >= 4 is 81.8 Å². The number of hydrogen-bond acceptors (Lipinski definition) is 8. The van der Waals surface area contributed by atoms with Crippen molar-refractivity contribution in [2.75, 3.05) is 41.9 Å². The van der Waals surface area contributed by atoms with Crippen LogP contribution in [0.2, 0.25) is 0 Å². The first-order chi connectivity index (χ1) is 18.9. The maximum Gasteiger partial charge on any atom is 0.265 e. The molecule has 0 saturated carbocycles. The minimum Gasteiger partial charge on any atom is -0.378 e. The number of thiazole rings is 1. The maximum atomic E-state index is 11.5. The van der Waals surface area contributed by atoms with Crippen LogP contribution < -0.4 is 14.4 Å². The van der Waals surface area contributed by atoms with Crippen LogP contribution in [0.5, 0.6) is 0 Å². The van der Waals surface area contributed by atoms with Gasteiger partial charge in [-0.25, -0.2) is 0 Å². The van der Waals surface area contributed by atoms with Gasteiger partial charge in [0.15, 0.2) is 6.54 Å². The first-order valence-corrected chi connectivity index (χ1v) is 17.5. The lowest BCUT2D eigenvalue weighted by molar-refractivity contribution is -0.667. The molecule has 5 rings (SSSR count). The number of nitrogens with zero attached hydrogens (tertiary/aromatic N) is 3. The van der Waals surface area contributed by atoms with Crippen LogP contribution in [0.4, 0.5) is 11.4 Å². The van der Waals surface area contributed by atoms with E-state index in [1.54, 1.807) is 23.1 Å². The SMILES string of the molecule is CN(C)c1ccc2c(c1)N(CCCS(=O)(=O)O)C(=Cc1sc3ccc4ccccc4c3[n+]1CCCS(=O)(=O)O)S2. The van der Waals surface area contributed by atoms with Crippen LogP contribution in [-0.2, 0) is 26.8 Å². The largest absolute Gasteiger partial charge is 0.378 e. The summed E-state index contributed by atoms with van der Waals surface area (Å²) in [6, 6.07) is 18.3. The Morgan fingerprint density at radius 3 is 2.40 bits per heavy atom. The second-order valence-corrected chi connectivity index (χ2v) is 15.1. The molecule has 40 heavy (non-hydrogen) atoms. The minimum atomic E-state index is -4.10. The summed E-state index contributed by atoms with van der Waals surface area (Å²) in [7, 11) is -4.27. The standard InChI is InChI=1S/C27H29N3O6S4/c1-28(2)20-10-12-23-22(17-20)29(13-5-15-39(31,32)33)25(37-23)18-26-30(14-6-16-40(34,35)36)27-21-8-4-3-7-19(21)9-11-24(27)38-26/h3-4,7-12,17-18H,5-6,13-16H2,1-2H3,(H-,31,32,33,34,35,36)/p+1. The van der Waals surface area contributed by atoms with Crippen molar-refractivity contribution in [1.82, 2.24) is 0 Å². The van der Waals surface area contributed by atoms with E-state index in [9.17, 15) is 25.9 Å². The van der Waals surface area contributed by atoms with E-state index >= 15 is 0 Å². The number of anilines is 2. The Morgan fingerprint density at radius 1 is 0.950 bits per heavy atom. The van der Waals surface area contributed by atoms with Gasteiger partial charge in [-0.1, -0.05) is 47.4 Å². The van der Waals surface area contributed by atoms with Gasteiger partial charge in [-0.2, -0.15) is 21.4 Å². The monoisotopic (exact) mass is 620 g/mol. The molecule has 9 nitrogen and oxygen atoms in total. The average Bonchev–Trinajstić information content (AvgIpc) is 3.40. The highest BCUT2D eigenvalue weighted by Crippen LogP contribution is 2.48. The molecule has 0 spiro atoms. The van der Waals surface area contributed by atoms with E-state index in [0.717, 1.165) is 47.3 Å². The van der Waals surface area contributed by atoms with E-state index in [1.807, 2.05) is 55.4 Å². The summed E-state index contributed by atoms with van der Waals surface area (Å²) in [4.78, 5) is 5.11. The highest BCUT2D eigenvalue weighted by atomic mass is 32.2. The molecule has 0 saturated heterocycles. The van der Waals surface area contributed by atoms with E-state index in [1.165, 1.54) is 0 Å². The average molecular weight is 621 g/mol. The Bertz CT molecular complexity index is 1830. The molecule has 0 atom stereocenters. The molecule has 0 bridgehead atoms. The summed E-state index contributed by atoms with van der Waals surface area (Å²) in [5.41, 5.74) is 2.97. The Morgan fingerprint density at radius 2 is 1.68 bits per heavy atom. The Labute approximate surface area is 242 Å². The normalized spacial score (nSPS) is 14.9. The third-order valence-electron chi connectivity index (χ3n) is 6.66. The Balaban J connectivity index is 1.61. The molecule has 0 unspecified atom stereocenters. The first-order valence-electron chi connectivity index (χ1n) is 12.6. The number of benzene rings is 3. The summed E-state index contributed by atoms with van der Waals surface area (Å²) in [6.45, 7) is 0.775. The van der Waals surface area contributed by atoms with Gasteiger partial charge in [0, 0.05) is 37.6 Å². The maximum absolute atomic E-state index is 11.5. The number of fused-ring (bicyclic) bond motifs is 4. The molecule has 0 amide bonds.